The number of aromatic nitrogens is 2. The van der Waals surface area contributed by atoms with Crippen LogP contribution in [0.15, 0.2) is 91.5 Å². The zero-order valence-electron chi connectivity index (χ0n) is 20.1. The molecule has 0 spiro atoms. The highest BCUT2D eigenvalue weighted by molar-refractivity contribution is 6.04. The average Bonchev–Trinajstić information content (AvgIpc) is 3.48. The Labute approximate surface area is 214 Å². The number of nitrogens with zero attached hydrogens (tertiary/aromatic N) is 3. The summed E-state index contributed by atoms with van der Waals surface area (Å²) in [5.74, 6) is 1.08. The number of imidazole rings is 1. The highest BCUT2D eigenvalue weighted by atomic mass is 16.5. The molecule has 0 aliphatic carbocycles. The maximum absolute atomic E-state index is 12.3. The smallest absolute Gasteiger partial charge is 0.255 e. The van der Waals surface area contributed by atoms with Gasteiger partial charge < -0.3 is 29.8 Å². The summed E-state index contributed by atoms with van der Waals surface area (Å²) in [6, 6.07) is 23.0. The van der Waals surface area contributed by atoms with Gasteiger partial charge in [-0.25, -0.2) is 4.98 Å². The lowest BCUT2D eigenvalue weighted by Crippen LogP contribution is -2.33. The lowest BCUT2D eigenvalue weighted by atomic mass is 10.1. The molecule has 9 nitrogen and oxygen atoms in total. The number of benzene rings is 3. The van der Waals surface area contributed by atoms with Crippen molar-refractivity contribution in [2.75, 3.05) is 31.6 Å². The van der Waals surface area contributed by atoms with E-state index in [-0.39, 0.29) is 12.5 Å². The molecule has 188 valence electrons. The summed E-state index contributed by atoms with van der Waals surface area (Å²) < 4.78 is 13.3. The van der Waals surface area contributed by atoms with E-state index in [1.54, 1.807) is 61.1 Å². The third-order valence-corrected chi connectivity index (χ3v) is 5.40. The van der Waals surface area contributed by atoms with E-state index < -0.39 is 6.10 Å². The SMILES string of the molecule is N#Cc1ccc(C(=O)Nc2ccc(OCC(O)CNCCOc3ccc(-n4ccnc4)cc3)cc2)cc1. The Hall–Kier alpha value is -4.65. The molecule has 0 aliphatic rings. The van der Waals surface area contributed by atoms with Crippen LogP contribution in [-0.4, -0.2) is 53.0 Å². The molecule has 1 aromatic heterocycles. The Morgan fingerprint density at radius 3 is 2.38 bits per heavy atom. The van der Waals surface area contributed by atoms with Crippen molar-refractivity contribution in [2.45, 2.75) is 6.10 Å². The van der Waals surface area contributed by atoms with Crippen LogP contribution in [0.3, 0.4) is 0 Å². The number of hydrogen-bond acceptors (Lipinski definition) is 7. The monoisotopic (exact) mass is 497 g/mol. The summed E-state index contributed by atoms with van der Waals surface area (Å²) in [5, 5.41) is 25.0. The van der Waals surface area contributed by atoms with Crippen molar-refractivity contribution in [1.29, 1.82) is 5.26 Å². The van der Waals surface area contributed by atoms with Crippen molar-refractivity contribution in [3.63, 3.8) is 0 Å². The topological polar surface area (TPSA) is 121 Å². The van der Waals surface area contributed by atoms with Crippen molar-refractivity contribution < 1.29 is 19.4 Å². The van der Waals surface area contributed by atoms with Gasteiger partial charge in [-0.2, -0.15) is 5.26 Å². The molecule has 1 atom stereocenters. The lowest BCUT2D eigenvalue weighted by Gasteiger charge is -2.14. The van der Waals surface area contributed by atoms with Crippen LogP contribution in [0.25, 0.3) is 5.69 Å². The first kappa shape index (κ1) is 25.4. The van der Waals surface area contributed by atoms with Crippen molar-refractivity contribution in [3.05, 3.63) is 103 Å². The minimum absolute atomic E-state index is 0.126. The van der Waals surface area contributed by atoms with Gasteiger partial charge in [0, 0.05) is 42.4 Å². The molecular weight excluding hydrogens is 470 g/mol. The zero-order valence-corrected chi connectivity index (χ0v) is 20.1. The Balaban J connectivity index is 1.11. The van der Waals surface area contributed by atoms with Gasteiger partial charge in [-0.3, -0.25) is 4.79 Å². The number of nitrogens with one attached hydrogen (secondary N) is 2. The molecule has 1 amide bonds. The summed E-state index contributed by atoms with van der Waals surface area (Å²) in [4.78, 5) is 16.4. The van der Waals surface area contributed by atoms with Gasteiger partial charge in [0.1, 0.15) is 30.8 Å². The van der Waals surface area contributed by atoms with E-state index in [4.69, 9.17) is 14.7 Å². The third-order valence-electron chi connectivity index (χ3n) is 5.40. The van der Waals surface area contributed by atoms with Gasteiger partial charge in [0.25, 0.3) is 5.91 Å². The van der Waals surface area contributed by atoms with E-state index in [0.29, 0.717) is 42.3 Å². The van der Waals surface area contributed by atoms with Crippen LogP contribution in [0, 0.1) is 11.3 Å². The number of ether oxygens (including phenoxy) is 2. The Morgan fingerprint density at radius 2 is 1.70 bits per heavy atom. The van der Waals surface area contributed by atoms with E-state index >= 15 is 0 Å². The number of anilines is 1. The molecule has 0 radical (unpaired) electrons. The summed E-state index contributed by atoms with van der Waals surface area (Å²) in [6.07, 6.45) is 4.66. The number of carbonyl (C=O) groups is 1. The van der Waals surface area contributed by atoms with Gasteiger partial charge in [0.2, 0.25) is 0 Å². The Bertz CT molecular complexity index is 1300. The fraction of sp³-hybridized carbons (Fsp3) is 0.179. The van der Waals surface area contributed by atoms with Crippen molar-refractivity contribution in [2.24, 2.45) is 0 Å². The molecule has 0 bridgehead atoms. The molecule has 3 aromatic carbocycles. The molecule has 4 rings (SSSR count). The van der Waals surface area contributed by atoms with Crippen molar-refractivity contribution >= 4 is 11.6 Å². The Kier molecular flexibility index (Phi) is 8.86. The standard InChI is InChI=1S/C28H27N5O4/c29-17-21-1-3-22(4-2-21)28(35)32-23-5-9-27(10-6-23)37-19-25(34)18-30-14-16-36-26-11-7-24(8-12-26)33-15-13-31-20-33/h1-13,15,20,25,30,34H,14,16,18-19H2,(H,32,35). The lowest BCUT2D eigenvalue weighted by molar-refractivity contribution is 0.102. The maximum Gasteiger partial charge on any atom is 0.255 e. The predicted molar refractivity (Wildman–Crippen MR) is 139 cm³/mol. The number of rotatable bonds is 12. The quantitative estimate of drug-likeness (QED) is 0.257. The number of aliphatic hydroxyl groups is 1. The minimum Gasteiger partial charge on any atom is -0.492 e. The molecule has 0 fully saturated rings. The van der Waals surface area contributed by atoms with Gasteiger partial charge in [-0.1, -0.05) is 0 Å². The second-order valence-electron chi connectivity index (χ2n) is 8.15. The summed E-state index contributed by atoms with van der Waals surface area (Å²) in [7, 11) is 0. The zero-order chi connectivity index (χ0) is 25.9. The van der Waals surface area contributed by atoms with E-state index in [1.165, 1.54) is 0 Å². The van der Waals surface area contributed by atoms with E-state index in [0.717, 1.165) is 11.4 Å². The fourth-order valence-electron chi connectivity index (χ4n) is 3.42. The molecule has 0 saturated carbocycles. The molecule has 0 saturated heterocycles. The van der Waals surface area contributed by atoms with Gasteiger partial charge in [-0.15, -0.1) is 0 Å². The second-order valence-corrected chi connectivity index (χ2v) is 8.15. The molecule has 1 unspecified atom stereocenters. The van der Waals surface area contributed by atoms with Crippen LogP contribution in [0.4, 0.5) is 5.69 Å². The third kappa shape index (κ3) is 7.67. The van der Waals surface area contributed by atoms with Gasteiger partial charge >= 0.3 is 0 Å². The largest absolute Gasteiger partial charge is 0.492 e. The number of carbonyl (C=O) groups excluding carboxylic acids is 1. The summed E-state index contributed by atoms with van der Waals surface area (Å²) in [5.41, 5.74) is 2.58. The first-order valence-electron chi connectivity index (χ1n) is 11.7. The van der Waals surface area contributed by atoms with Crippen LogP contribution in [-0.2, 0) is 0 Å². The van der Waals surface area contributed by atoms with Gasteiger partial charge in [0.15, 0.2) is 0 Å². The molecule has 3 N–H and O–H groups in total. The van der Waals surface area contributed by atoms with Crippen LogP contribution in [0.1, 0.15) is 15.9 Å². The molecule has 9 heteroatoms. The number of nitriles is 1. The normalized spacial score (nSPS) is 11.4. The van der Waals surface area contributed by atoms with E-state index in [9.17, 15) is 9.90 Å². The highest BCUT2D eigenvalue weighted by Gasteiger charge is 2.08. The molecule has 4 aromatic rings. The summed E-state index contributed by atoms with van der Waals surface area (Å²) >= 11 is 0. The fourth-order valence-corrected chi connectivity index (χ4v) is 3.42. The maximum atomic E-state index is 12.3. The number of amides is 1. The van der Waals surface area contributed by atoms with E-state index in [1.807, 2.05) is 41.1 Å². The molecule has 0 aliphatic heterocycles. The average molecular weight is 498 g/mol. The Morgan fingerprint density at radius 1 is 1.00 bits per heavy atom. The molecule has 1 heterocycles. The van der Waals surface area contributed by atoms with Crippen LogP contribution >= 0.6 is 0 Å². The van der Waals surface area contributed by atoms with Crippen LogP contribution in [0.2, 0.25) is 0 Å². The molecular formula is C28H27N5O4. The first-order valence-corrected chi connectivity index (χ1v) is 11.7. The highest BCUT2D eigenvalue weighted by Crippen LogP contribution is 2.17. The van der Waals surface area contributed by atoms with Crippen molar-refractivity contribution in [3.8, 4) is 23.3 Å². The van der Waals surface area contributed by atoms with Crippen LogP contribution < -0.4 is 20.1 Å². The van der Waals surface area contributed by atoms with Gasteiger partial charge in [-0.05, 0) is 72.8 Å². The second kappa shape index (κ2) is 12.9. The predicted octanol–water partition coefficient (Wildman–Crippen LogP) is 3.40. The number of hydrogen-bond donors (Lipinski definition) is 3. The van der Waals surface area contributed by atoms with Crippen molar-refractivity contribution in [1.82, 2.24) is 14.9 Å². The minimum atomic E-state index is -0.690. The molecule has 37 heavy (non-hydrogen) atoms. The van der Waals surface area contributed by atoms with Gasteiger partial charge in [0.05, 0.1) is 18.0 Å². The number of aliphatic hydroxyl groups excluding tert-OH is 1. The van der Waals surface area contributed by atoms with Crippen LogP contribution in [0.5, 0.6) is 11.5 Å². The summed E-state index contributed by atoms with van der Waals surface area (Å²) in [6.45, 7) is 1.53. The first-order chi connectivity index (χ1) is 18.1. The van der Waals surface area contributed by atoms with E-state index in [2.05, 4.69) is 15.6 Å².